The second kappa shape index (κ2) is 6.99. The standard InChI is InChI=1S/C17H14BrF2N5O/c18-11-7-5-10(6-8-11)13-9-14(25-17(21-13)22-23-24-25)12-3-1-2-4-15(12)26-16(19)20/h1-8,13-14,16H,9H2,(H,21,22,24)/t13-,14+/m0/s1. The van der Waals surface area contributed by atoms with E-state index in [4.69, 9.17) is 4.74 Å². The smallest absolute Gasteiger partial charge is 0.387 e. The molecule has 1 aliphatic rings. The Kier molecular flexibility index (Phi) is 4.54. The van der Waals surface area contributed by atoms with Gasteiger partial charge in [0.2, 0.25) is 5.95 Å². The summed E-state index contributed by atoms with van der Waals surface area (Å²) in [6.45, 7) is -2.89. The average molecular weight is 422 g/mol. The highest BCUT2D eigenvalue weighted by atomic mass is 79.9. The van der Waals surface area contributed by atoms with Gasteiger partial charge in [0, 0.05) is 10.0 Å². The Hall–Kier alpha value is -2.55. The SMILES string of the molecule is FC(F)Oc1ccccc1[C@H]1C[C@@H](c2ccc(Br)cc2)Nc2nnnn21. The van der Waals surface area contributed by atoms with Crippen LogP contribution in [0, 0.1) is 0 Å². The minimum atomic E-state index is -2.89. The highest BCUT2D eigenvalue weighted by Crippen LogP contribution is 2.40. The Morgan fingerprint density at radius 1 is 1.15 bits per heavy atom. The summed E-state index contributed by atoms with van der Waals surface area (Å²) in [5, 5.41) is 15.0. The summed E-state index contributed by atoms with van der Waals surface area (Å²) < 4.78 is 32.9. The largest absolute Gasteiger partial charge is 0.434 e. The maximum Gasteiger partial charge on any atom is 0.387 e. The van der Waals surface area contributed by atoms with Crippen molar-refractivity contribution in [3.63, 3.8) is 0 Å². The van der Waals surface area contributed by atoms with E-state index < -0.39 is 6.61 Å². The van der Waals surface area contributed by atoms with Gasteiger partial charge in [-0.05, 0) is 40.6 Å². The van der Waals surface area contributed by atoms with Gasteiger partial charge in [0.25, 0.3) is 0 Å². The van der Waals surface area contributed by atoms with E-state index in [9.17, 15) is 8.78 Å². The van der Waals surface area contributed by atoms with Crippen molar-refractivity contribution in [3.8, 4) is 5.75 Å². The summed E-state index contributed by atoms with van der Waals surface area (Å²) in [5.41, 5.74) is 1.67. The number of rotatable bonds is 4. The van der Waals surface area contributed by atoms with E-state index in [1.807, 2.05) is 24.3 Å². The van der Waals surface area contributed by atoms with Gasteiger partial charge in [0.1, 0.15) is 5.75 Å². The van der Waals surface area contributed by atoms with E-state index in [1.165, 1.54) is 6.07 Å². The number of alkyl halides is 2. The molecular formula is C17H14BrF2N5O. The number of halogens is 3. The summed E-state index contributed by atoms with van der Waals surface area (Å²) in [7, 11) is 0. The first-order valence-electron chi connectivity index (χ1n) is 7.95. The Labute approximate surface area is 156 Å². The van der Waals surface area contributed by atoms with Crippen molar-refractivity contribution in [2.24, 2.45) is 0 Å². The third kappa shape index (κ3) is 3.26. The molecule has 9 heteroatoms. The number of para-hydroxylation sites is 1. The summed E-state index contributed by atoms with van der Waals surface area (Å²) in [4.78, 5) is 0. The second-order valence-corrected chi connectivity index (χ2v) is 6.78. The molecule has 0 radical (unpaired) electrons. The monoisotopic (exact) mass is 421 g/mol. The predicted octanol–water partition coefficient (Wildman–Crippen LogP) is 4.18. The molecule has 1 aliphatic heterocycles. The van der Waals surface area contributed by atoms with Crippen molar-refractivity contribution in [1.29, 1.82) is 0 Å². The van der Waals surface area contributed by atoms with Crippen LogP contribution in [0.3, 0.4) is 0 Å². The molecule has 0 unspecified atom stereocenters. The maximum atomic E-state index is 12.8. The lowest BCUT2D eigenvalue weighted by molar-refractivity contribution is -0.0507. The van der Waals surface area contributed by atoms with Gasteiger partial charge >= 0.3 is 6.61 Å². The number of hydrogen-bond donors (Lipinski definition) is 1. The van der Waals surface area contributed by atoms with Crippen LogP contribution in [0.2, 0.25) is 0 Å². The zero-order valence-corrected chi connectivity index (χ0v) is 15.0. The predicted molar refractivity (Wildman–Crippen MR) is 94.2 cm³/mol. The first-order chi connectivity index (χ1) is 12.6. The Bertz CT molecular complexity index is 902. The molecule has 4 rings (SSSR count). The Morgan fingerprint density at radius 2 is 1.92 bits per heavy atom. The van der Waals surface area contributed by atoms with Crippen molar-refractivity contribution < 1.29 is 13.5 Å². The summed E-state index contributed by atoms with van der Waals surface area (Å²) in [5.74, 6) is 0.617. The molecule has 2 heterocycles. The number of nitrogens with one attached hydrogen (secondary N) is 1. The Morgan fingerprint density at radius 3 is 2.69 bits per heavy atom. The van der Waals surface area contributed by atoms with Crippen LogP contribution in [0.25, 0.3) is 0 Å². The molecule has 0 bridgehead atoms. The number of benzene rings is 2. The number of hydrogen-bond acceptors (Lipinski definition) is 5. The summed E-state index contributed by atoms with van der Waals surface area (Å²) in [6, 6.07) is 14.3. The van der Waals surface area contributed by atoms with Gasteiger partial charge in [-0.25, -0.2) is 4.68 Å². The molecule has 0 amide bonds. The lowest BCUT2D eigenvalue weighted by Gasteiger charge is -2.31. The van der Waals surface area contributed by atoms with E-state index >= 15 is 0 Å². The molecule has 0 saturated heterocycles. The zero-order chi connectivity index (χ0) is 18.1. The normalized spacial score (nSPS) is 19.1. The van der Waals surface area contributed by atoms with Crippen LogP contribution in [0.5, 0.6) is 5.75 Å². The molecule has 1 aromatic heterocycles. The highest BCUT2D eigenvalue weighted by molar-refractivity contribution is 9.10. The van der Waals surface area contributed by atoms with Crippen LogP contribution in [-0.2, 0) is 0 Å². The molecule has 1 N–H and O–H groups in total. The molecule has 0 saturated carbocycles. The van der Waals surface area contributed by atoms with Gasteiger partial charge in [0.05, 0.1) is 12.1 Å². The molecule has 0 fully saturated rings. The average Bonchev–Trinajstić information content (AvgIpc) is 3.10. The number of anilines is 1. The fraction of sp³-hybridized carbons (Fsp3) is 0.235. The van der Waals surface area contributed by atoms with Gasteiger partial charge < -0.3 is 10.1 Å². The lowest BCUT2D eigenvalue weighted by atomic mass is 9.93. The minimum Gasteiger partial charge on any atom is -0.434 e. The number of ether oxygens (including phenoxy) is 1. The third-order valence-corrected chi connectivity index (χ3v) is 4.85. The summed E-state index contributed by atoms with van der Waals surface area (Å²) >= 11 is 3.43. The number of nitrogens with zero attached hydrogens (tertiary/aromatic N) is 4. The molecule has 0 aliphatic carbocycles. The van der Waals surface area contributed by atoms with Crippen LogP contribution < -0.4 is 10.1 Å². The fourth-order valence-electron chi connectivity index (χ4n) is 3.17. The van der Waals surface area contributed by atoms with Gasteiger partial charge in [0.15, 0.2) is 0 Å². The number of fused-ring (bicyclic) bond motifs is 1. The summed E-state index contributed by atoms with van der Waals surface area (Å²) in [6.07, 6.45) is 0.587. The van der Waals surface area contributed by atoms with Crippen molar-refractivity contribution in [1.82, 2.24) is 20.2 Å². The van der Waals surface area contributed by atoms with Gasteiger partial charge in [-0.15, -0.1) is 0 Å². The van der Waals surface area contributed by atoms with Crippen LogP contribution >= 0.6 is 15.9 Å². The minimum absolute atomic E-state index is 0.0637. The van der Waals surface area contributed by atoms with Crippen molar-refractivity contribution >= 4 is 21.9 Å². The first kappa shape index (κ1) is 16.9. The zero-order valence-electron chi connectivity index (χ0n) is 13.4. The molecule has 2 atom stereocenters. The van der Waals surface area contributed by atoms with E-state index in [0.29, 0.717) is 17.9 Å². The second-order valence-electron chi connectivity index (χ2n) is 5.86. The molecule has 26 heavy (non-hydrogen) atoms. The molecule has 2 aromatic carbocycles. The van der Waals surface area contributed by atoms with Crippen LogP contribution in [-0.4, -0.2) is 26.8 Å². The molecule has 3 aromatic rings. The topological polar surface area (TPSA) is 64.9 Å². The van der Waals surface area contributed by atoms with Crippen molar-refractivity contribution in [2.75, 3.05) is 5.32 Å². The van der Waals surface area contributed by atoms with Crippen LogP contribution in [0.4, 0.5) is 14.7 Å². The molecule has 6 nitrogen and oxygen atoms in total. The van der Waals surface area contributed by atoms with Gasteiger partial charge in [-0.3, -0.25) is 0 Å². The van der Waals surface area contributed by atoms with Crippen LogP contribution in [0.15, 0.2) is 53.0 Å². The van der Waals surface area contributed by atoms with Crippen molar-refractivity contribution in [2.45, 2.75) is 25.1 Å². The third-order valence-electron chi connectivity index (χ3n) is 4.32. The Balaban J connectivity index is 1.73. The quantitative estimate of drug-likeness (QED) is 0.684. The highest BCUT2D eigenvalue weighted by Gasteiger charge is 2.32. The van der Waals surface area contributed by atoms with E-state index in [2.05, 4.69) is 36.8 Å². The molecule has 134 valence electrons. The number of tetrazole rings is 1. The van der Waals surface area contributed by atoms with E-state index in [1.54, 1.807) is 22.9 Å². The maximum absolute atomic E-state index is 12.8. The lowest BCUT2D eigenvalue weighted by Crippen LogP contribution is -2.28. The molecular weight excluding hydrogens is 408 g/mol. The van der Waals surface area contributed by atoms with Gasteiger partial charge in [-0.2, -0.15) is 8.78 Å². The van der Waals surface area contributed by atoms with E-state index in [-0.39, 0.29) is 17.8 Å². The van der Waals surface area contributed by atoms with Crippen LogP contribution in [0.1, 0.15) is 29.6 Å². The van der Waals surface area contributed by atoms with Gasteiger partial charge in [-0.1, -0.05) is 51.4 Å². The molecule has 0 spiro atoms. The van der Waals surface area contributed by atoms with Crippen molar-refractivity contribution in [3.05, 3.63) is 64.1 Å². The number of aromatic nitrogens is 4. The fourth-order valence-corrected chi connectivity index (χ4v) is 3.43. The van der Waals surface area contributed by atoms with E-state index in [0.717, 1.165) is 10.0 Å². The first-order valence-corrected chi connectivity index (χ1v) is 8.74.